The van der Waals surface area contributed by atoms with Crippen molar-refractivity contribution >= 4 is 11.6 Å². The molecule has 0 spiro atoms. The van der Waals surface area contributed by atoms with Crippen LogP contribution in [-0.2, 0) is 9.53 Å². The highest BCUT2D eigenvalue weighted by atomic mass is 19.3. The van der Waals surface area contributed by atoms with Crippen LogP contribution in [0.2, 0.25) is 0 Å². The molecule has 0 radical (unpaired) electrons. The minimum Gasteiger partial charge on any atom is -0.491 e. The molecule has 1 unspecified atom stereocenters. The van der Waals surface area contributed by atoms with Crippen molar-refractivity contribution < 1.29 is 23.0 Å². The summed E-state index contributed by atoms with van der Waals surface area (Å²) in [4.78, 5) is 13.5. The third-order valence-electron chi connectivity index (χ3n) is 3.99. The molecule has 0 fully saturated rings. The number of rotatable bonds is 7. The van der Waals surface area contributed by atoms with Crippen LogP contribution >= 0.6 is 0 Å². The molecule has 1 aliphatic heterocycles. The maximum atomic E-state index is 12.9. The molecule has 1 heterocycles. The van der Waals surface area contributed by atoms with Gasteiger partial charge in [-0.15, -0.1) is 0 Å². The average Bonchev–Trinajstić information content (AvgIpc) is 2.53. The van der Waals surface area contributed by atoms with Crippen molar-refractivity contribution in [2.45, 2.75) is 26.7 Å². The number of carbonyl (C=O) groups excluding carboxylic acids is 1. The standard InChI is InChI=1S/C18H23F2NO3/c1-12-4-7-16(21(18(12)22)11-17(19)20)15-6-5-14(10-13(15)2)24-9-8-23-3/h5-7,10,12,17H,4,8-9,11H2,1-3H3. The number of alkyl halides is 2. The Kier molecular flexibility index (Phi) is 6.31. The number of carbonyl (C=O) groups is 1. The summed E-state index contributed by atoms with van der Waals surface area (Å²) in [6.45, 7) is 3.97. The first-order valence-electron chi connectivity index (χ1n) is 7.96. The molecule has 0 aromatic heterocycles. The molecular formula is C18H23F2NO3. The van der Waals surface area contributed by atoms with Gasteiger partial charge >= 0.3 is 0 Å². The summed E-state index contributed by atoms with van der Waals surface area (Å²) >= 11 is 0. The van der Waals surface area contributed by atoms with Crippen molar-refractivity contribution in [1.82, 2.24) is 4.90 Å². The lowest BCUT2D eigenvalue weighted by molar-refractivity contribution is -0.133. The van der Waals surface area contributed by atoms with Crippen molar-refractivity contribution in [3.05, 3.63) is 35.4 Å². The van der Waals surface area contributed by atoms with Gasteiger partial charge in [-0.3, -0.25) is 4.79 Å². The zero-order valence-corrected chi connectivity index (χ0v) is 14.2. The van der Waals surface area contributed by atoms with Gasteiger partial charge in [0.15, 0.2) is 0 Å². The van der Waals surface area contributed by atoms with Gasteiger partial charge in [0.1, 0.15) is 12.4 Å². The van der Waals surface area contributed by atoms with Crippen LogP contribution in [0.5, 0.6) is 5.75 Å². The Morgan fingerprint density at radius 3 is 2.71 bits per heavy atom. The molecule has 2 rings (SSSR count). The fraction of sp³-hybridized carbons (Fsp3) is 0.500. The lowest BCUT2D eigenvalue weighted by atomic mass is 9.95. The van der Waals surface area contributed by atoms with Gasteiger partial charge in [0, 0.05) is 24.3 Å². The van der Waals surface area contributed by atoms with E-state index in [1.54, 1.807) is 20.1 Å². The Morgan fingerprint density at radius 2 is 2.08 bits per heavy atom. The van der Waals surface area contributed by atoms with E-state index in [-0.39, 0.29) is 11.8 Å². The average molecular weight is 339 g/mol. The van der Waals surface area contributed by atoms with Gasteiger partial charge in [-0.25, -0.2) is 8.78 Å². The summed E-state index contributed by atoms with van der Waals surface area (Å²) in [7, 11) is 1.60. The Bertz CT molecular complexity index is 616. The first kappa shape index (κ1) is 18.4. The fourth-order valence-electron chi connectivity index (χ4n) is 2.72. The molecule has 1 aromatic rings. The molecule has 1 aromatic carbocycles. The normalized spacial score (nSPS) is 18.1. The smallest absolute Gasteiger partial charge is 0.256 e. The third kappa shape index (κ3) is 4.32. The van der Waals surface area contributed by atoms with Crippen LogP contribution in [0.15, 0.2) is 24.3 Å². The SMILES string of the molecule is COCCOc1ccc(C2=CCC(C)C(=O)N2CC(F)F)c(C)c1. The van der Waals surface area contributed by atoms with E-state index in [1.807, 2.05) is 25.1 Å². The molecule has 1 amide bonds. The Hall–Kier alpha value is -1.95. The summed E-state index contributed by atoms with van der Waals surface area (Å²) < 4.78 is 36.3. The van der Waals surface area contributed by atoms with E-state index in [2.05, 4.69) is 0 Å². The minimum absolute atomic E-state index is 0.257. The highest BCUT2D eigenvalue weighted by Gasteiger charge is 2.30. The Morgan fingerprint density at radius 1 is 1.33 bits per heavy atom. The number of methoxy groups -OCH3 is 1. The monoisotopic (exact) mass is 339 g/mol. The molecule has 132 valence electrons. The van der Waals surface area contributed by atoms with E-state index in [9.17, 15) is 13.6 Å². The number of benzene rings is 1. The highest BCUT2D eigenvalue weighted by Crippen LogP contribution is 2.32. The summed E-state index contributed by atoms with van der Waals surface area (Å²) in [5, 5.41) is 0. The van der Waals surface area contributed by atoms with Crippen LogP contribution in [0.1, 0.15) is 24.5 Å². The number of allylic oxidation sites excluding steroid dienone is 1. The minimum atomic E-state index is -2.57. The van der Waals surface area contributed by atoms with Crippen LogP contribution < -0.4 is 4.74 Å². The zero-order chi connectivity index (χ0) is 17.7. The third-order valence-corrected chi connectivity index (χ3v) is 3.99. The van der Waals surface area contributed by atoms with Crippen molar-refractivity contribution in [2.75, 3.05) is 26.9 Å². The number of hydrogen-bond donors (Lipinski definition) is 0. The molecule has 4 nitrogen and oxygen atoms in total. The van der Waals surface area contributed by atoms with Gasteiger partial charge in [-0.1, -0.05) is 13.0 Å². The molecule has 0 N–H and O–H groups in total. The molecular weight excluding hydrogens is 316 g/mol. The largest absolute Gasteiger partial charge is 0.491 e. The molecule has 1 atom stereocenters. The van der Waals surface area contributed by atoms with Crippen LogP contribution in [0.4, 0.5) is 8.78 Å². The number of halogens is 2. The zero-order valence-electron chi connectivity index (χ0n) is 14.2. The van der Waals surface area contributed by atoms with E-state index in [4.69, 9.17) is 9.47 Å². The number of nitrogens with zero attached hydrogens (tertiary/aromatic N) is 1. The van der Waals surface area contributed by atoms with Gasteiger partial charge in [-0.2, -0.15) is 0 Å². The number of aryl methyl sites for hydroxylation is 1. The van der Waals surface area contributed by atoms with Crippen molar-refractivity contribution in [3.8, 4) is 5.75 Å². The van der Waals surface area contributed by atoms with Crippen molar-refractivity contribution in [2.24, 2.45) is 5.92 Å². The topological polar surface area (TPSA) is 38.8 Å². The highest BCUT2D eigenvalue weighted by molar-refractivity contribution is 5.91. The molecule has 1 aliphatic rings. The van der Waals surface area contributed by atoms with E-state index >= 15 is 0 Å². The predicted molar refractivity (Wildman–Crippen MR) is 88.0 cm³/mol. The first-order valence-corrected chi connectivity index (χ1v) is 7.96. The molecule has 0 aliphatic carbocycles. The maximum Gasteiger partial charge on any atom is 0.256 e. The van der Waals surface area contributed by atoms with Gasteiger partial charge < -0.3 is 14.4 Å². The molecule has 6 heteroatoms. The van der Waals surface area contributed by atoms with Crippen LogP contribution in [0.25, 0.3) is 5.70 Å². The van der Waals surface area contributed by atoms with Gasteiger partial charge in [0.2, 0.25) is 5.91 Å². The lowest BCUT2D eigenvalue weighted by Gasteiger charge is -2.32. The number of hydrogen-bond acceptors (Lipinski definition) is 3. The Labute approximate surface area is 141 Å². The molecule has 0 saturated heterocycles. The van der Waals surface area contributed by atoms with Gasteiger partial charge in [0.25, 0.3) is 6.43 Å². The van der Waals surface area contributed by atoms with Crippen molar-refractivity contribution in [1.29, 1.82) is 0 Å². The fourth-order valence-corrected chi connectivity index (χ4v) is 2.72. The van der Waals surface area contributed by atoms with Crippen LogP contribution in [0.3, 0.4) is 0 Å². The molecule has 0 saturated carbocycles. The van der Waals surface area contributed by atoms with E-state index < -0.39 is 13.0 Å². The predicted octanol–water partition coefficient (Wildman–Crippen LogP) is 3.49. The number of amides is 1. The molecule has 0 bridgehead atoms. The first-order chi connectivity index (χ1) is 11.4. The van der Waals surface area contributed by atoms with E-state index in [0.29, 0.717) is 31.1 Å². The summed E-state index contributed by atoms with van der Waals surface area (Å²) in [5.41, 5.74) is 2.20. The second kappa shape index (κ2) is 8.24. The van der Waals surface area contributed by atoms with Crippen LogP contribution in [-0.4, -0.2) is 44.1 Å². The quantitative estimate of drug-likeness (QED) is 0.714. The maximum absolute atomic E-state index is 12.9. The Balaban J connectivity index is 2.26. The van der Waals surface area contributed by atoms with Gasteiger partial charge in [0.05, 0.1) is 13.2 Å². The summed E-state index contributed by atoms with van der Waals surface area (Å²) in [6.07, 6.45) is -0.151. The second-order valence-electron chi connectivity index (χ2n) is 5.88. The van der Waals surface area contributed by atoms with E-state index in [1.165, 1.54) is 4.90 Å². The number of ether oxygens (including phenoxy) is 2. The second-order valence-corrected chi connectivity index (χ2v) is 5.88. The summed E-state index contributed by atoms with van der Waals surface area (Å²) in [6, 6.07) is 5.43. The summed E-state index contributed by atoms with van der Waals surface area (Å²) in [5.74, 6) is 0.155. The lowest BCUT2D eigenvalue weighted by Crippen LogP contribution is -2.39. The van der Waals surface area contributed by atoms with Crippen molar-refractivity contribution in [3.63, 3.8) is 0 Å². The van der Waals surface area contributed by atoms with Gasteiger partial charge in [-0.05, 0) is 37.1 Å². The van der Waals surface area contributed by atoms with Crippen LogP contribution in [0, 0.1) is 12.8 Å². The van der Waals surface area contributed by atoms with E-state index in [0.717, 1.165) is 11.1 Å². The molecule has 24 heavy (non-hydrogen) atoms.